The third-order valence-electron chi connectivity index (χ3n) is 1.97. The summed E-state index contributed by atoms with van der Waals surface area (Å²) < 4.78 is 48.3. The highest BCUT2D eigenvalue weighted by Crippen LogP contribution is 2.27. The fraction of sp³-hybridized carbons (Fsp3) is 0. The summed E-state index contributed by atoms with van der Waals surface area (Å²) in [5.74, 6) is 0. The summed E-state index contributed by atoms with van der Waals surface area (Å²) in [5.41, 5.74) is 0.266. The molecule has 86 valence electrons. The first-order chi connectivity index (χ1) is 7.31. The molecule has 0 amide bonds. The second kappa shape index (κ2) is 3.27. The number of fused-ring (bicyclic) bond motifs is 1. The lowest BCUT2D eigenvalue weighted by Crippen LogP contribution is -2.16. The first-order valence-electron chi connectivity index (χ1n) is 4.03. The van der Waals surface area contributed by atoms with Crippen LogP contribution in [0.1, 0.15) is 0 Å². The summed E-state index contributed by atoms with van der Waals surface area (Å²) in [4.78, 5) is -0.477. The lowest BCUT2D eigenvalue weighted by atomic mass is 10.3. The molecule has 0 saturated carbocycles. The van der Waals surface area contributed by atoms with Crippen LogP contribution >= 0.6 is 0 Å². The molecule has 1 heterocycles. The van der Waals surface area contributed by atoms with Crippen LogP contribution in [-0.4, -0.2) is 23.2 Å². The first-order valence-corrected chi connectivity index (χ1v) is 7.01. The molecule has 9 heteroatoms. The average molecular weight is 261 g/mol. The van der Waals surface area contributed by atoms with Crippen LogP contribution < -0.4 is 10.5 Å². The minimum absolute atomic E-state index is 0.207. The molecule has 1 aromatic rings. The Morgan fingerprint density at radius 1 is 1.31 bits per heavy atom. The van der Waals surface area contributed by atoms with Gasteiger partial charge in [0, 0.05) is 0 Å². The van der Waals surface area contributed by atoms with Gasteiger partial charge in [-0.1, -0.05) is 0 Å². The highest BCUT2D eigenvalue weighted by Gasteiger charge is 2.23. The average Bonchev–Trinajstić information content (AvgIpc) is 2.15. The van der Waals surface area contributed by atoms with Gasteiger partial charge in [-0.2, -0.15) is 8.42 Å². The minimum atomic E-state index is -3.93. The Morgan fingerprint density at radius 3 is 2.62 bits per heavy atom. The monoisotopic (exact) mass is 261 g/mol. The van der Waals surface area contributed by atoms with Crippen molar-refractivity contribution in [3.05, 3.63) is 18.2 Å². The van der Waals surface area contributed by atoms with Crippen LogP contribution in [0.25, 0.3) is 0 Å². The number of hydrogen-bond donors (Lipinski definition) is 2. The predicted molar refractivity (Wildman–Crippen MR) is 57.1 cm³/mol. The molecule has 3 N–H and O–H groups in total. The number of rotatable bonds is 1. The summed E-state index contributed by atoms with van der Waals surface area (Å²) in [5, 5.41) is 7.49. The van der Waals surface area contributed by atoms with Crippen molar-refractivity contribution in [2.75, 3.05) is 5.32 Å². The van der Waals surface area contributed by atoms with E-state index in [2.05, 4.69) is 9.71 Å². The van der Waals surface area contributed by atoms with E-state index in [4.69, 9.17) is 5.14 Å². The largest absolute Gasteiger partial charge is 0.345 e. The van der Waals surface area contributed by atoms with Gasteiger partial charge >= 0.3 is 0 Å². The Labute approximate surface area is 92.1 Å². The molecule has 0 aromatic heterocycles. The van der Waals surface area contributed by atoms with Gasteiger partial charge in [0.2, 0.25) is 10.0 Å². The van der Waals surface area contributed by atoms with Gasteiger partial charge in [-0.3, -0.25) is 0 Å². The number of hydrogen-bond acceptors (Lipinski definition) is 5. The fourth-order valence-electron chi connectivity index (χ4n) is 1.23. The summed E-state index contributed by atoms with van der Waals surface area (Å²) >= 11 is 0. The van der Waals surface area contributed by atoms with Crippen molar-refractivity contribution in [2.45, 2.75) is 9.79 Å². The van der Waals surface area contributed by atoms with Crippen LogP contribution in [0, 0.1) is 0 Å². The number of anilines is 1. The van der Waals surface area contributed by atoms with Crippen LogP contribution in [0.15, 0.2) is 32.4 Å². The summed E-state index contributed by atoms with van der Waals surface area (Å²) in [6.07, 6.45) is 1.02. The Hall–Kier alpha value is -1.45. The van der Waals surface area contributed by atoms with Crippen molar-refractivity contribution in [3.63, 3.8) is 0 Å². The number of primary sulfonamides is 1. The molecular formula is C7H7N3O4S2. The van der Waals surface area contributed by atoms with Crippen molar-refractivity contribution in [2.24, 2.45) is 9.54 Å². The van der Waals surface area contributed by atoms with E-state index in [9.17, 15) is 16.8 Å². The normalized spacial score (nSPS) is 17.6. The number of nitrogens with zero attached hydrogens (tertiary/aromatic N) is 1. The molecule has 0 spiro atoms. The Morgan fingerprint density at radius 2 is 2.00 bits per heavy atom. The molecule has 1 aromatic carbocycles. The zero-order valence-corrected chi connectivity index (χ0v) is 9.42. The lowest BCUT2D eigenvalue weighted by Gasteiger charge is -2.12. The summed E-state index contributed by atoms with van der Waals surface area (Å²) in [7, 11) is -7.77. The number of sulfonamides is 2. The van der Waals surface area contributed by atoms with Crippen LogP contribution in [0.5, 0.6) is 0 Å². The highest BCUT2D eigenvalue weighted by atomic mass is 32.2. The molecule has 0 bridgehead atoms. The summed E-state index contributed by atoms with van der Waals surface area (Å²) in [6, 6.07) is 3.51. The molecule has 7 nitrogen and oxygen atoms in total. The van der Waals surface area contributed by atoms with Gasteiger partial charge in [-0.15, -0.1) is 4.40 Å². The van der Waals surface area contributed by atoms with Gasteiger partial charge < -0.3 is 5.32 Å². The van der Waals surface area contributed by atoms with E-state index in [0.29, 0.717) is 0 Å². The molecule has 0 saturated heterocycles. The third kappa shape index (κ3) is 1.79. The van der Waals surface area contributed by atoms with Gasteiger partial charge in [0.05, 0.1) is 10.6 Å². The smallest absolute Gasteiger partial charge is 0.285 e. The minimum Gasteiger partial charge on any atom is -0.345 e. The standard InChI is InChI=1S/C7H7N3O4S2/c8-15(11,12)5-1-2-6-7(3-5)16(13,14)10-4-9-6/h1-4H,(H,9,10)(H2,8,11,12). The molecule has 1 aliphatic rings. The summed E-state index contributed by atoms with van der Waals surface area (Å²) in [6.45, 7) is 0. The second-order valence-corrected chi connectivity index (χ2v) is 6.22. The van der Waals surface area contributed by atoms with Crippen LogP contribution in [0.3, 0.4) is 0 Å². The molecule has 0 aliphatic carbocycles. The van der Waals surface area contributed by atoms with Crippen molar-refractivity contribution < 1.29 is 16.8 Å². The second-order valence-electron chi connectivity index (χ2n) is 3.06. The Kier molecular flexibility index (Phi) is 2.26. The molecular weight excluding hydrogens is 254 g/mol. The molecule has 0 atom stereocenters. The van der Waals surface area contributed by atoms with Crippen LogP contribution in [-0.2, 0) is 20.0 Å². The Balaban J connectivity index is 2.74. The SMILES string of the molecule is NS(=O)(=O)c1ccc2c(c1)S(=O)(=O)N=CN2. The fourth-order valence-corrected chi connectivity index (χ4v) is 2.83. The molecule has 16 heavy (non-hydrogen) atoms. The van der Waals surface area contributed by atoms with E-state index in [1.54, 1.807) is 0 Å². The molecule has 0 unspecified atom stereocenters. The topological polar surface area (TPSA) is 119 Å². The van der Waals surface area contributed by atoms with Crippen LogP contribution in [0.4, 0.5) is 5.69 Å². The van der Waals surface area contributed by atoms with Gasteiger partial charge in [-0.05, 0) is 18.2 Å². The van der Waals surface area contributed by atoms with E-state index < -0.39 is 20.0 Å². The zero-order chi connectivity index (χ0) is 12.0. The van der Waals surface area contributed by atoms with Gasteiger partial charge in [0.1, 0.15) is 11.2 Å². The van der Waals surface area contributed by atoms with E-state index in [0.717, 1.165) is 12.4 Å². The van der Waals surface area contributed by atoms with E-state index in [1.165, 1.54) is 12.1 Å². The van der Waals surface area contributed by atoms with E-state index >= 15 is 0 Å². The lowest BCUT2D eigenvalue weighted by molar-refractivity contribution is 0.596. The molecule has 0 fully saturated rings. The number of benzene rings is 1. The maximum atomic E-state index is 11.5. The van der Waals surface area contributed by atoms with Crippen molar-refractivity contribution in [1.29, 1.82) is 0 Å². The highest BCUT2D eigenvalue weighted by molar-refractivity contribution is 7.91. The quantitative estimate of drug-likeness (QED) is 0.704. The number of nitrogens with two attached hydrogens (primary N) is 1. The maximum absolute atomic E-state index is 11.5. The van der Waals surface area contributed by atoms with Gasteiger partial charge in [0.25, 0.3) is 10.0 Å². The molecule has 2 rings (SSSR count). The zero-order valence-electron chi connectivity index (χ0n) is 7.78. The van der Waals surface area contributed by atoms with Gasteiger partial charge in [0.15, 0.2) is 0 Å². The first kappa shape index (κ1) is 11.0. The van der Waals surface area contributed by atoms with Crippen molar-refractivity contribution >= 4 is 32.1 Å². The van der Waals surface area contributed by atoms with Gasteiger partial charge in [-0.25, -0.2) is 13.6 Å². The van der Waals surface area contributed by atoms with E-state index in [-0.39, 0.29) is 15.5 Å². The van der Waals surface area contributed by atoms with E-state index in [1.807, 2.05) is 0 Å². The Bertz CT molecular complexity index is 676. The van der Waals surface area contributed by atoms with Crippen molar-refractivity contribution in [1.82, 2.24) is 0 Å². The third-order valence-corrected chi connectivity index (χ3v) is 4.16. The number of nitrogens with one attached hydrogen (secondary N) is 1. The molecule has 0 radical (unpaired) electrons. The van der Waals surface area contributed by atoms with Crippen molar-refractivity contribution in [3.8, 4) is 0 Å². The molecule has 1 aliphatic heterocycles. The maximum Gasteiger partial charge on any atom is 0.285 e. The van der Waals surface area contributed by atoms with Crippen LogP contribution in [0.2, 0.25) is 0 Å². The predicted octanol–water partition coefficient (Wildman–Crippen LogP) is -0.523.